The summed E-state index contributed by atoms with van der Waals surface area (Å²) in [4.78, 5) is 12.8. The van der Waals surface area contributed by atoms with Gasteiger partial charge in [-0.3, -0.25) is 4.72 Å². The van der Waals surface area contributed by atoms with Crippen molar-refractivity contribution >= 4 is 32.3 Å². The van der Waals surface area contributed by atoms with E-state index in [-0.39, 0.29) is 24.5 Å². The summed E-state index contributed by atoms with van der Waals surface area (Å²) in [6, 6.07) is 0. The van der Waals surface area contributed by atoms with E-state index in [1.165, 1.54) is 18.4 Å². The van der Waals surface area contributed by atoms with Crippen molar-refractivity contribution in [1.29, 1.82) is 0 Å². The molecule has 0 aliphatic heterocycles. The predicted molar refractivity (Wildman–Crippen MR) is 79.0 cm³/mol. The van der Waals surface area contributed by atoms with Crippen molar-refractivity contribution in [3.63, 3.8) is 0 Å². The Morgan fingerprint density at radius 2 is 2.00 bits per heavy atom. The van der Waals surface area contributed by atoms with Gasteiger partial charge in [0.15, 0.2) is 0 Å². The lowest BCUT2D eigenvalue weighted by Crippen LogP contribution is -2.20. The third kappa shape index (κ3) is 4.19. The van der Waals surface area contributed by atoms with Gasteiger partial charge < -0.3 is 9.47 Å². The van der Waals surface area contributed by atoms with Gasteiger partial charge >= 0.3 is 5.97 Å². The van der Waals surface area contributed by atoms with Crippen molar-refractivity contribution in [2.24, 2.45) is 0 Å². The number of sulfonamides is 1. The van der Waals surface area contributed by atoms with E-state index in [9.17, 15) is 13.2 Å². The number of methoxy groups -OCH3 is 1. The molecule has 6 nitrogen and oxygen atoms in total. The van der Waals surface area contributed by atoms with Crippen LogP contribution in [0.4, 0.5) is 5.00 Å². The first-order valence-corrected chi connectivity index (χ1v) is 8.55. The molecule has 0 saturated heterocycles. The van der Waals surface area contributed by atoms with E-state index in [0.717, 1.165) is 10.4 Å². The highest BCUT2D eigenvalue weighted by molar-refractivity contribution is 7.92. The molecule has 0 radical (unpaired) electrons. The number of thiophene rings is 1. The second kappa shape index (κ2) is 7.05. The van der Waals surface area contributed by atoms with Crippen molar-refractivity contribution in [3.8, 4) is 0 Å². The van der Waals surface area contributed by atoms with Crippen LogP contribution < -0.4 is 4.72 Å². The second-order valence-corrected chi connectivity index (χ2v) is 7.19. The van der Waals surface area contributed by atoms with E-state index in [0.29, 0.717) is 5.00 Å². The number of ether oxygens (including phenoxy) is 2. The Morgan fingerprint density at radius 1 is 1.35 bits per heavy atom. The molecule has 20 heavy (non-hydrogen) atoms. The summed E-state index contributed by atoms with van der Waals surface area (Å²) >= 11 is 1.22. The first-order valence-electron chi connectivity index (χ1n) is 6.09. The van der Waals surface area contributed by atoms with Crippen LogP contribution in [0.25, 0.3) is 0 Å². The maximum Gasteiger partial charge on any atom is 0.341 e. The SMILES string of the molecule is CCOC(=O)c1c(NS(=O)(=O)CCOC)sc(C)c1C. The van der Waals surface area contributed by atoms with Crippen LogP contribution >= 0.6 is 11.3 Å². The van der Waals surface area contributed by atoms with Crippen LogP contribution in [-0.2, 0) is 19.5 Å². The van der Waals surface area contributed by atoms with Crippen molar-refractivity contribution in [3.05, 3.63) is 16.0 Å². The van der Waals surface area contributed by atoms with Gasteiger partial charge in [-0.25, -0.2) is 13.2 Å². The van der Waals surface area contributed by atoms with Crippen molar-refractivity contribution in [2.75, 3.05) is 30.8 Å². The zero-order valence-electron chi connectivity index (χ0n) is 12.0. The summed E-state index contributed by atoms with van der Waals surface area (Å²) in [5.41, 5.74) is 1.02. The Kier molecular flexibility index (Phi) is 5.97. The van der Waals surface area contributed by atoms with Gasteiger partial charge in [0.2, 0.25) is 10.0 Å². The number of esters is 1. The van der Waals surface area contributed by atoms with E-state index >= 15 is 0 Å². The molecule has 0 fully saturated rings. The molecule has 1 rings (SSSR count). The Morgan fingerprint density at radius 3 is 2.55 bits per heavy atom. The zero-order chi connectivity index (χ0) is 15.3. The number of anilines is 1. The van der Waals surface area contributed by atoms with Crippen LogP contribution in [0.2, 0.25) is 0 Å². The molecule has 1 aromatic heterocycles. The molecule has 0 saturated carbocycles. The fourth-order valence-electron chi connectivity index (χ4n) is 1.53. The summed E-state index contributed by atoms with van der Waals surface area (Å²) in [5, 5.41) is 0.301. The molecule has 0 aliphatic rings. The van der Waals surface area contributed by atoms with E-state index < -0.39 is 16.0 Å². The zero-order valence-corrected chi connectivity index (χ0v) is 13.6. The third-order valence-electron chi connectivity index (χ3n) is 2.67. The molecule has 0 aliphatic carbocycles. The number of carbonyl (C=O) groups is 1. The smallest absolute Gasteiger partial charge is 0.341 e. The quantitative estimate of drug-likeness (QED) is 0.776. The number of hydrogen-bond acceptors (Lipinski definition) is 6. The summed E-state index contributed by atoms with van der Waals surface area (Å²) in [7, 11) is -2.11. The van der Waals surface area contributed by atoms with Gasteiger partial charge in [0.05, 0.1) is 24.5 Å². The van der Waals surface area contributed by atoms with Crippen LogP contribution in [-0.4, -0.2) is 40.5 Å². The minimum absolute atomic E-state index is 0.0907. The van der Waals surface area contributed by atoms with Gasteiger partial charge in [0.25, 0.3) is 0 Å². The lowest BCUT2D eigenvalue weighted by molar-refractivity contribution is 0.0527. The molecule has 8 heteroatoms. The molecule has 1 heterocycles. The molecule has 0 unspecified atom stereocenters. The summed E-state index contributed by atoms with van der Waals surface area (Å²) in [6.07, 6.45) is 0. The number of rotatable bonds is 7. The fraction of sp³-hybridized carbons (Fsp3) is 0.583. The summed E-state index contributed by atoms with van der Waals surface area (Å²) in [5.74, 6) is -0.680. The Labute approximate surface area is 123 Å². The molecule has 114 valence electrons. The third-order valence-corrected chi connectivity index (χ3v) is 5.14. The van der Waals surface area contributed by atoms with Crippen LogP contribution in [0.3, 0.4) is 0 Å². The first kappa shape index (κ1) is 16.9. The summed E-state index contributed by atoms with van der Waals surface area (Å²) in [6.45, 7) is 5.63. The number of nitrogens with one attached hydrogen (secondary N) is 1. The van der Waals surface area contributed by atoms with Gasteiger partial charge in [0.1, 0.15) is 5.00 Å². The Hall–Kier alpha value is -1.12. The Balaban J connectivity index is 3.07. The number of carbonyl (C=O) groups excluding carboxylic acids is 1. The maximum atomic E-state index is 11.9. The van der Waals surface area contributed by atoms with Crippen LogP contribution in [0.1, 0.15) is 27.7 Å². The molecular formula is C12H19NO5S2. The highest BCUT2D eigenvalue weighted by atomic mass is 32.2. The molecule has 0 spiro atoms. The average Bonchev–Trinajstić information content (AvgIpc) is 2.62. The first-order chi connectivity index (χ1) is 9.32. The van der Waals surface area contributed by atoms with Gasteiger partial charge in [0, 0.05) is 12.0 Å². The lowest BCUT2D eigenvalue weighted by atomic mass is 10.2. The van der Waals surface area contributed by atoms with Crippen molar-refractivity contribution in [1.82, 2.24) is 0 Å². The van der Waals surface area contributed by atoms with Gasteiger partial charge in [-0.05, 0) is 26.3 Å². The standard InChI is InChI=1S/C12H19NO5S2/c1-5-18-12(14)10-8(2)9(3)19-11(10)13-20(15,16)7-6-17-4/h13H,5-7H2,1-4H3. The Bertz CT molecular complexity index is 577. The topological polar surface area (TPSA) is 81.7 Å². The molecule has 0 aromatic carbocycles. The van der Waals surface area contributed by atoms with Gasteiger partial charge in [-0.15, -0.1) is 11.3 Å². The van der Waals surface area contributed by atoms with E-state index in [2.05, 4.69) is 4.72 Å². The minimum Gasteiger partial charge on any atom is -0.462 e. The lowest BCUT2D eigenvalue weighted by Gasteiger charge is -2.08. The van der Waals surface area contributed by atoms with Crippen LogP contribution in [0.15, 0.2) is 0 Å². The van der Waals surface area contributed by atoms with Gasteiger partial charge in [-0.2, -0.15) is 0 Å². The highest BCUT2D eigenvalue weighted by Gasteiger charge is 2.23. The molecule has 0 atom stereocenters. The van der Waals surface area contributed by atoms with E-state index in [1.807, 2.05) is 6.92 Å². The molecule has 1 N–H and O–H groups in total. The molecular weight excluding hydrogens is 302 g/mol. The van der Waals surface area contributed by atoms with Crippen LogP contribution in [0.5, 0.6) is 0 Å². The molecule has 0 bridgehead atoms. The normalized spacial score (nSPS) is 11.4. The highest BCUT2D eigenvalue weighted by Crippen LogP contribution is 2.33. The fourth-order valence-corrected chi connectivity index (χ4v) is 3.85. The largest absolute Gasteiger partial charge is 0.462 e. The molecule has 0 amide bonds. The van der Waals surface area contributed by atoms with E-state index in [1.54, 1.807) is 13.8 Å². The van der Waals surface area contributed by atoms with Crippen LogP contribution in [0, 0.1) is 13.8 Å². The average molecular weight is 321 g/mol. The number of aryl methyl sites for hydroxylation is 1. The minimum atomic E-state index is -3.54. The summed E-state index contributed by atoms with van der Waals surface area (Å²) < 4.78 is 35.9. The maximum absolute atomic E-state index is 11.9. The van der Waals surface area contributed by atoms with E-state index in [4.69, 9.17) is 9.47 Å². The van der Waals surface area contributed by atoms with Crippen molar-refractivity contribution < 1.29 is 22.7 Å². The predicted octanol–water partition coefficient (Wildman–Crippen LogP) is 1.93. The monoisotopic (exact) mass is 321 g/mol. The molecule has 1 aromatic rings. The van der Waals surface area contributed by atoms with Crippen molar-refractivity contribution in [2.45, 2.75) is 20.8 Å². The second-order valence-electron chi connectivity index (χ2n) is 4.12. The van der Waals surface area contributed by atoms with Gasteiger partial charge in [-0.1, -0.05) is 0 Å². The number of hydrogen-bond donors (Lipinski definition) is 1.